The lowest BCUT2D eigenvalue weighted by atomic mass is 10.2. The molecule has 0 atom stereocenters. The van der Waals surface area contributed by atoms with Crippen molar-refractivity contribution in [2.75, 3.05) is 5.43 Å². The Morgan fingerprint density at radius 3 is 2.64 bits per heavy atom. The Bertz CT molecular complexity index is 1020. The van der Waals surface area contributed by atoms with Gasteiger partial charge in [0, 0.05) is 12.4 Å². The molecule has 0 saturated carbocycles. The van der Waals surface area contributed by atoms with Crippen molar-refractivity contribution in [3.8, 4) is 5.69 Å². The number of aryl methyl sites for hydroxylation is 1. The molecule has 0 aliphatic carbocycles. The standard InChI is InChI=1S/C18H15N7/c1-13-2-4-15(5-3-13)25-18-16(11-23-25)17(20-12-21-18)24-22-10-14-6-8-19-9-7-14/h2-12H,1H3,(H,20,21,24)/b22-10+. The zero-order valence-electron chi connectivity index (χ0n) is 13.5. The van der Waals surface area contributed by atoms with E-state index in [4.69, 9.17) is 0 Å². The molecular formula is C18H15N7. The largest absolute Gasteiger partial charge is 0.265 e. The van der Waals surface area contributed by atoms with Crippen LogP contribution in [0.2, 0.25) is 0 Å². The van der Waals surface area contributed by atoms with Crippen LogP contribution >= 0.6 is 0 Å². The number of hydrogen-bond donors (Lipinski definition) is 1. The molecule has 1 aromatic carbocycles. The zero-order chi connectivity index (χ0) is 17.1. The SMILES string of the molecule is Cc1ccc(-n2ncc3c(N/N=C/c4ccncc4)ncnc32)cc1. The minimum absolute atomic E-state index is 0.605. The van der Waals surface area contributed by atoms with E-state index in [9.17, 15) is 0 Å². The fourth-order valence-electron chi connectivity index (χ4n) is 2.43. The van der Waals surface area contributed by atoms with Crippen molar-refractivity contribution in [3.63, 3.8) is 0 Å². The average Bonchev–Trinajstić information content (AvgIpc) is 3.08. The van der Waals surface area contributed by atoms with Crippen molar-refractivity contribution in [3.05, 3.63) is 72.4 Å². The van der Waals surface area contributed by atoms with Crippen LogP contribution < -0.4 is 5.43 Å². The number of fused-ring (bicyclic) bond motifs is 1. The lowest BCUT2D eigenvalue weighted by Gasteiger charge is -2.04. The van der Waals surface area contributed by atoms with E-state index in [0.717, 1.165) is 22.3 Å². The lowest BCUT2D eigenvalue weighted by Crippen LogP contribution is -1.99. The minimum Gasteiger partial charge on any atom is -0.265 e. The number of anilines is 1. The first-order chi connectivity index (χ1) is 12.3. The maximum absolute atomic E-state index is 4.44. The first-order valence-electron chi connectivity index (χ1n) is 7.76. The summed E-state index contributed by atoms with van der Waals surface area (Å²) < 4.78 is 1.79. The number of nitrogens with zero attached hydrogens (tertiary/aromatic N) is 6. The number of hydrazone groups is 1. The Balaban J connectivity index is 1.65. The highest BCUT2D eigenvalue weighted by atomic mass is 15.3. The normalized spacial score (nSPS) is 11.2. The molecule has 0 bridgehead atoms. The van der Waals surface area contributed by atoms with Gasteiger partial charge in [0.2, 0.25) is 0 Å². The molecule has 3 aromatic heterocycles. The molecule has 4 aromatic rings. The van der Waals surface area contributed by atoms with Gasteiger partial charge in [-0.05, 0) is 36.8 Å². The van der Waals surface area contributed by atoms with Gasteiger partial charge in [-0.15, -0.1) is 0 Å². The predicted octanol–water partition coefficient (Wildman–Crippen LogP) is 2.96. The highest BCUT2D eigenvalue weighted by Crippen LogP contribution is 2.21. The number of pyridine rings is 1. The second kappa shape index (κ2) is 6.48. The lowest BCUT2D eigenvalue weighted by molar-refractivity contribution is 0.894. The molecule has 7 heteroatoms. The van der Waals surface area contributed by atoms with Crippen molar-refractivity contribution < 1.29 is 0 Å². The highest BCUT2D eigenvalue weighted by Gasteiger charge is 2.10. The molecule has 122 valence electrons. The molecule has 0 fully saturated rings. The molecule has 4 rings (SSSR count). The fourth-order valence-corrected chi connectivity index (χ4v) is 2.43. The molecule has 25 heavy (non-hydrogen) atoms. The number of hydrogen-bond acceptors (Lipinski definition) is 6. The summed E-state index contributed by atoms with van der Waals surface area (Å²) in [5, 5.41) is 9.46. The van der Waals surface area contributed by atoms with E-state index >= 15 is 0 Å². The van der Waals surface area contributed by atoms with Gasteiger partial charge in [0.25, 0.3) is 0 Å². The monoisotopic (exact) mass is 329 g/mol. The summed E-state index contributed by atoms with van der Waals surface area (Å²) in [6.45, 7) is 2.05. The highest BCUT2D eigenvalue weighted by molar-refractivity contribution is 5.88. The van der Waals surface area contributed by atoms with Gasteiger partial charge in [0.1, 0.15) is 6.33 Å². The molecule has 0 aliphatic heterocycles. The number of rotatable bonds is 4. The molecule has 0 aliphatic rings. The Morgan fingerprint density at radius 2 is 1.84 bits per heavy atom. The Morgan fingerprint density at radius 1 is 1.04 bits per heavy atom. The van der Waals surface area contributed by atoms with E-state index < -0.39 is 0 Å². The van der Waals surface area contributed by atoms with Crippen LogP contribution in [0.3, 0.4) is 0 Å². The Hall–Kier alpha value is -3.61. The molecular weight excluding hydrogens is 314 g/mol. The van der Waals surface area contributed by atoms with Crippen molar-refractivity contribution in [2.45, 2.75) is 6.92 Å². The molecule has 0 unspecified atom stereocenters. The van der Waals surface area contributed by atoms with Gasteiger partial charge in [0.05, 0.1) is 23.5 Å². The van der Waals surface area contributed by atoms with Crippen molar-refractivity contribution in [2.24, 2.45) is 5.10 Å². The third kappa shape index (κ3) is 3.07. The van der Waals surface area contributed by atoms with E-state index in [1.54, 1.807) is 29.5 Å². The molecule has 0 amide bonds. The smallest absolute Gasteiger partial charge is 0.168 e. The van der Waals surface area contributed by atoms with Crippen LogP contribution in [0.5, 0.6) is 0 Å². The maximum Gasteiger partial charge on any atom is 0.168 e. The van der Waals surface area contributed by atoms with Crippen molar-refractivity contribution in [1.82, 2.24) is 24.7 Å². The number of benzene rings is 1. The van der Waals surface area contributed by atoms with Gasteiger partial charge >= 0.3 is 0 Å². The van der Waals surface area contributed by atoms with Crippen LogP contribution in [0, 0.1) is 6.92 Å². The molecule has 7 nitrogen and oxygen atoms in total. The van der Waals surface area contributed by atoms with Gasteiger partial charge in [-0.25, -0.2) is 14.6 Å². The van der Waals surface area contributed by atoms with Crippen LogP contribution in [0.1, 0.15) is 11.1 Å². The third-order valence-corrected chi connectivity index (χ3v) is 3.73. The van der Waals surface area contributed by atoms with Crippen LogP contribution in [0.4, 0.5) is 5.82 Å². The summed E-state index contributed by atoms with van der Waals surface area (Å²) in [5.41, 5.74) is 6.77. The second-order valence-electron chi connectivity index (χ2n) is 5.50. The van der Waals surface area contributed by atoms with Crippen molar-refractivity contribution >= 4 is 23.1 Å². The second-order valence-corrected chi connectivity index (χ2v) is 5.50. The van der Waals surface area contributed by atoms with Gasteiger partial charge in [-0.1, -0.05) is 17.7 Å². The summed E-state index contributed by atoms with van der Waals surface area (Å²) in [5.74, 6) is 0.605. The Labute approximate surface area is 144 Å². The van der Waals surface area contributed by atoms with Crippen molar-refractivity contribution in [1.29, 1.82) is 0 Å². The van der Waals surface area contributed by atoms with Gasteiger partial charge in [-0.3, -0.25) is 10.4 Å². The van der Waals surface area contributed by atoms with E-state index in [0.29, 0.717) is 5.82 Å². The summed E-state index contributed by atoms with van der Waals surface area (Å²) in [7, 11) is 0. The van der Waals surface area contributed by atoms with Crippen LogP contribution in [0.15, 0.2) is 66.4 Å². The fraction of sp³-hybridized carbons (Fsp3) is 0.0556. The summed E-state index contributed by atoms with van der Waals surface area (Å²) in [4.78, 5) is 12.6. The summed E-state index contributed by atoms with van der Waals surface area (Å²) in [6.07, 6.45) is 8.38. The quantitative estimate of drug-likeness (QED) is 0.460. The maximum atomic E-state index is 4.44. The molecule has 0 saturated heterocycles. The van der Waals surface area contributed by atoms with Gasteiger partial charge < -0.3 is 0 Å². The van der Waals surface area contributed by atoms with Gasteiger partial charge in [-0.2, -0.15) is 10.2 Å². The van der Waals surface area contributed by atoms with E-state index in [2.05, 4.69) is 37.5 Å². The van der Waals surface area contributed by atoms with E-state index in [-0.39, 0.29) is 0 Å². The van der Waals surface area contributed by atoms with Crippen LogP contribution in [0.25, 0.3) is 16.7 Å². The van der Waals surface area contributed by atoms with Gasteiger partial charge in [0.15, 0.2) is 11.5 Å². The first-order valence-corrected chi connectivity index (χ1v) is 7.76. The van der Waals surface area contributed by atoms with Crippen LogP contribution in [-0.2, 0) is 0 Å². The summed E-state index contributed by atoms with van der Waals surface area (Å²) >= 11 is 0. The first kappa shape index (κ1) is 14.9. The van der Waals surface area contributed by atoms with Crippen LogP contribution in [-0.4, -0.2) is 30.9 Å². The molecule has 0 radical (unpaired) electrons. The predicted molar refractivity (Wildman–Crippen MR) is 96.9 cm³/mol. The zero-order valence-corrected chi connectivity index (χ0v) is 13.5. The van der Waals surface area contributed by atoms with E-state index in [1.165, 1.54) is 11.9 Å². The molecule has 3 heterocycles. The summed E-state index contributed by atoms with van der Waals surface area (Å²) in [6, 6.07) is 11.9. The third-order valence-electron chi connectivity index (χ3n) is 3.73. The average molecular weight is 329 g/mol. The minimum atomic E-state index is 0.605. The molecule has 0 spiro atoms. The topological polar surface area (TPSA) is 80.9 Å². The number of nitrogens with one attached hydrogen (secondary N) is 1. The molecule has 1 N–H and O–H groups in total. The number of aromatic nitrogens is 5. The van der Waals surface area contributed by atoms with E-state index in [1.807, 2.05) is 36.4 Å². The Kier molecular flexibility index (Phi) is 3.88.